The Morgan fingerprint density at radius 2 is 1.65 bits per heavy atom. The van der Waals surface area contributed by atoms with Crippen LogP contribution in [0.3, 0.4) is 0 Å². The van der Waals surface area contributed by atoms with Crippen LogP contribution in [0.2, 0.25) is 0 Å². The Morgan fingerprint density at radius 3 is 2.29 bits per heavy atom. The van der Waals surface area contributed by atoms with E-state index >= 15 is 0 Å². The predicted molar refractivity (Wildman–Crippen MR) is 113 cm³/mol. The van der Waals surface area contributed by atoms with Gasteiger partial charge in [-0.1, -0.05) is 0 Å². The standard InChI is InChI=1S/C22H26N2O7/c1-21(2,3)31-20(27)24-22(4,12-25)19(26)23-14-5-7-15(8-6-14)30-16-9-10-17-18(11-16)29-13-28-17/h5-11,25H,12-13H2,1-4H3,(H,23,26)(H,24,27)/t22-/m0/s1. The summed E-state index contributed by atoms with van der Waals surface area (Å²) < 4.78 is 21.5. The van der Waals surface area contributed by atoms with Gasteiger partial charge in [0.05, 0.1) is 6.61 Å². The minimum Gasteiger partial charge on any atom is -0.457 e. The quantitative estimate of drug-likeness (QED) is 0.643. The molecule has 0 aromatic heterocycles. The van der Waals surface area contributed by atoms with Gasteiger partial charge in [0.15, 0.2) is 11.5 Å². The van der Waals surface area contributed by atoms with Gasteiger partial charge in [0, 0.05) is 11.8 Å². The van der Waals surface area contributed by atoms with Gasteiger partial charge in [-0.2, -0.15) is 0 Å². The average Bonchev–Trinajstić information content (AvgIpc) is 3.15. The van der Waals surface area contributed by atoms with Crippen molar-refractivity contribution in [2.75, 3.05) is 18.7 Å². The molecule has 1 heterocycles. The first-order valence-corrected chi connectivity index (χ1v) is 9.69. The summed E-state index contributed by atoms with van der Waals surface area (Å²) in [6.45, 7) is 6.10. The second-order valence-corrected chi connectivity index (χ2v) is 8.21. The van der Waals surface area contributed by atoms with Gasteiger partial charge in [0.25, 0.3) is 5.91 Å². The van der Waals surface area contributed by atoms with Crippen LogP contribution in [0.15, 0.2) is 42.5 Å². The van der Waals surface area contributed by atoms with Crippen LogP contribution in [-0.4, -0.2) is 41.6 Å². The van der Waals surface area contributed by atoms with Gasteiger partial charge < -0.3 is 34.7 Å². The van der Waals surface area contributed by atoms with Crippen LogP contribution in [0, 0.1) is 0 Å². The normalized spacial score (nSPS) is 14.4. The number of nitrogens with one attached hydrogen (secondary N) is 2. The third-order valence-corrected chi connectivity index (χ3v) is 4.29. The molecule has 0 radical (unpaired) electrons. The minimum atomic E-state index is -1.57. The van der Waals surface area contributed by atoms with Crippen molar-refractivity contribution in [3.63, 3.8) is 0 Å². The fourth-order valence-electron chi connectivity index (χ4n) is 2.65. The summed E-state index contributed by atoms with van der Waals surface area (Å²) >= 11 is 0. The summed E-state index contributed by atoms with van der Waals surface area (Å²) in [5.74, 6) is 1.81. The molecule has 1 aliphatic heterocycles. The van der Waals surface area contributed by atoms with Crippen molar-refractivity contribution in [3.8, 4) is 23.0 Å². The molecule has 0 saturated carbocycles. The van der Waals surface area contributed by atoms with E-state index in [1.165, 1.54) is 6.92 Å². The van der Waals surface area contributed by atoms with Gasteiger partial charge in [-0.3, -0.25) is 4.79 Å². The Kier molecular flexibility index (Phi) is 6.26. The number of rotatable bonds is 6. The van der Waals surface area contributed by atoms with Gasteiger partial charge in [-0.25, -0.2) is 4.79 Å². The van der Waals surface area contributed by atoms with Gasteiger partial charge in [-0.05, 0) is 64.1 Å². The first-order chi connectivity index (χ1) is 14.6. The van der Waals surface area contributed by atoms with Crippen LogP contribution < -0.4 is 24.8 Å². The fourth-order valence-corrected chi connectivity index (χ4v) is 2.65. The molecule has 1 atom stereocenters. The van der Waals surface area contributed by atoms with E-state index in [1.54, 1.807) is 63.2 Å². The lowest BCUT2D eigenvalue weighted by molar-refractivity contribution is -0.123. The summed E-state index contributed by atoms with van der Waals surface area (Å²) in [5.41, 5.74) is -1.83. The Bertz CT molecular complexity index is 953. The van der Waals surface area contributed by atoms with E-state index in [1.807, 2.05) is 0 Å². The van der Waals surface area contributed by atoms with Crippen molar-refractivity contribution < 1.29 is 33.6 Å². The maximum atomic E-state index is 12.7. The molecule has 2 aromatic carbocycles. The number of hydrogen-bond acceptors (Lipinski definition) is 7. The molecule has 166 valence electrons. The Hall–Kier alpha value is -3.46. The first-order valence-electron chi connectivity index (χ1n) is 9.69. The predicted octanol–water partition coefficient (Wildman–Crippen LogP) is 3.42. The van der Waals surface area contributed by atoms with Crippen molar-refractivity contribution >= 4 is 17.7 Å². The molecule has 31 heavy (non-hydrogen) atoms. The smallest absolute Gasteiger partial charge is 0.408 e. The summed E-state index contributed by atoms with van der Waals surface area (Å²) in [6, 6.07) is 11.9. The minimum absolute atomic E-state index is 0.183. The van der Waals surface area contributed by atoms with Crippen molar-refractivity contribution in [2.45, 2.75) is 38.8 Å². The second kappa shape index (κ2) is 8.73. The van der Waals surface area contributed by atoms with Crippen molar-refractivity contribution in [1.29, 1.82) is 0 Å². The number of alkyl carbamates (subject to hydrolysis) is 1. The van der Waals surface area contributed by atoms with Crippen LogP contribution in [0.25, 0.3) is 0 Å². The highest BCUT2D eigenvalue weighted by Crippen LogP contribution is 2.36. The number of hydrogen-bond donors (Lipinski definition) is 3. The van der Waals surface area contributed by atoms with Crippen molar-refractivity contribution in [2.24, 2.45) is 0 Å². The number of amides is 2. The van der Waals surface area contributed by atoms with Crippen molar-refractivity contribution in [1.82, 2.24) is 5.32 Å². The molecular formula is C22H26N2O7. The number of ether oxygens (including phenoxy) is 4. The molecule has 0 fully saturated rings. The maximum absolute atomic E-state index is 12.7. The zero-order chi connectivity index (χ0) is 22.6. The van der Waals surface area contributed by atoms with Crippen molar-refractivity contribution in [3.05, 3.63) is 42.5 Å². The molecule has 0 aliphatic carbocycles. The van der Waals surface area contributed by atoms with E-state index in [0.717, 1.165) is 0 Å². The van der Waals surface area contributed by atoms with Crippen LogP contribution in [0.5, 0.6) is 23.0 Å². The van der Waals surface area contributed by atoms with E-state index in [2.05, 4.69) is 10.6 Å². The van der Waals surface area contributed by atoms with E-state index in [4.69, 9.17) is 18.9 Å². The molecule has 0 spiro atoms. The summed E-state index contributed by atoms with van der Waals surface area (Å²) in [7, 11) is 0. The third-order valence-electron chi connectivity index (χ3n) is 4.29. The molecule has 0 unspecified atom stereocenters. The highest BCUT2D eigenvalue weighted by atomic mass is 16.7. The molecule has 3 N–H and O–H groups in total. The molecule has 1 aliphatic rings. The number of benzene rings is 2. The van der Waals surface area contributed by atoms with Crippen LogP contribution >= 0.6 is 0 Å². The van der Waals surface area contributed by atoms with E-state index in [-0.39, 0.29) is 6.79 Å². The lowest BCUT2D eigenvalue weighted by Crippen LogP contribution is -2.58. The fraction of sp³-hybridized carbons (Fsp3) is 0.364. The Morgan fingerprint density at radius 1 is 1.00 bits per heavy atom. The molecule has 9 heteroatoms. The highest BCUT2D eigenvalue weighted by Gasteiger charge is 2.36. The highest BCUT2D eigenvalue weighted by molar-refractivity contribution is 5.99. The number of aliphatic hydroxyl groups excluding tert-OH is 1. The van der Waals surface area contributed by atoms with E-state index in [0.29, 0.717) is 28.7 Å². The monoisotopic (exact) mass is 430 g/mol. The lowest BCUT2D eigenvalue weighted by Gasteiger charge is -2.29. The molecule has 3 rings (SSSR count). The summed E-state index contributed by atoms with van der Waals surface area (Å²) in [6.07, 6.45) is -0.799. The molecule has 2 amide bonds. The Balaban J connectivity index is 1.61. The zero-order valence-electron chi connectivity index (χ0n) is 17.9. The van der Waals surface area contributed by atoms with Gasteiger partial charge in [-0.15, -0.1) is 0 Å². The number of aliphatic hydroxyl groups is 1. The third kappa shape index (κ3) is 5.79. The largest absolute Gasteiger partial charge is 0.457 e. The van der Waals surface area contributed by atoms with Crippen LogP contribution in [0.4, 0.5) is 10.5 Å². The summed E-state index contributed by atoms with van der Waals surface area (Å²) in [5, 5.41) is 14.8. The Labute approximate surface area is 180 Å². The number of fused-ring (bicyclic) bond motifs is 1. The molecule has 0 saturated heterocycles. The molecule has 0 bridgehead atoms. The molecule has 2 aromatic rings. The van der Waals surface area contributed by atoms with Crippen LogP contribution in [-0.2, 0) is 9.53 Å². The van der Waals surface area contributed by atoms with E-state index in [9.17, 15) is 14.7 Å². The summed E-state index contributed by atoms with van der Waals surface area (Å²) in [4.78, 5) is 24.7. The van der Waals surface area contributed by atoms with E-state index < -0.39 is 29.7 Å². The number of carbonyl (C=O) groups excluding carboxylic acids is 2. The van der Waals surface area contributed by atoms with Crippen LogP contribution in [0.1, 0.15) is 27.7 Å². The van der Waals surface area contributed by atoms with Gasteiger partial charge in [0.2, 0.25) is 6.79 Å². The topological polar surface area (TPSA) is 115 Å². The zero-order valence-corrected chi connectivity index (χ0v) is 17.9. The number of carbonyl (C=O) groups is 2. The first kappa shape index (κ1) is 22.2. The molecular weight excluding hydrogens is 404 g/mol. The lowest BCUT2D eigenvalue weighted by atomic mass is 10.0. The SMILES string of the molecule is CC(C)(C)OC(=O)N[C@@](C)(CO)C(=O)Nc1ccc(Oc2ccc3c(c2)OCO3)cc1. The molecule has 9 nitrogen and oxygen atoms in total. The maximum Gasteiger partial charge on any atom is 0.408 e. The van der Waals surface area contributed by atoms with Gasteiger partial charge in [0.1, 0.15) is 22.6 Å². The average molecular weight is 430 g/mol. The number of anilines is 1. The second-order valence-electron chi connectivity index (χ2n) is 8.21. The van der Waals surface area contributed by atoms with Gasteiger partial charge >= 0.3 is 6.09 Å².